The van der Waals surface area contributed by atoms with Gasteiger partial charge in [0.15, 0.2) is 5.82 Å². The second-order valence-corrected chi connectivity index (χ2v) is 9.04. The summed E-state index contributed by atoms with van der Waals surface area (Å²) < 4.78 is 2.31. The number of nitrogens with zero attached hydrogens (tertiary/aromatic N) is 5. The molecule has 5 rings (SSSR count). The first-order chi connectivity index (χ1) is 17.1. The van der Waals surface area contributed by atoms with Crippen LogP contribution in [0.4, 0.5) is 11.5 Å². The van der Waals surface area contributed by atoms with E-state index in [0.717, 1.165) is 90.9 Å². The first kappa shape index (κ1) is 22.8. The van der Waals surface area contributed by atoms with Crippen molar-refractivity contribution in [1.29, 1.82) is 0 Å². The third kappa shape index (κ3) is 4.43. The van der Waals surface area contributed by atoms with Crippen LogP contribution in [0.5, 0.6) is 0 Å². The van der Waals surface area contributed by atoms with Crippen molar-refractivity contribution < 1.29 is 4.79 Å². The van der Waals surface area contributed by atoms with E-state index >= 15 is 0 Å². The van der Waals surface area contributed by atoms with Gasteiger partial charge in [-0.15, -0.1) is 0 Å². The van der Waals surface area contributed by atoms with Crippen LogP contribution < -0.4 is 16.4 Å². The van der Waals surface area contributed by atoms with Crippen LogP contribution in [-0.4, -0.2) is 38.5 Å². The predicted octanol–water partition coefficient (Wildman–Crippen LogP) is 4.32. The van der Waals surface area contributed by atoms with Crippen molar-refractivity contribution in [2.24, 2.45) is 5.73 Å². The highest BCUT2D eigenvalue weighted by Crippen LogP contribution is 2.29. The minimum absolute atomic E-state index is 0.400. The lowest BCUT2D eigenvalue weighted by Crippen LogP contribution is -2.27. The Labute approximate surface area is 204 Å². The molecule has 4 aromatic rings. The smallest absolute Gasteiger partial charge is 0.248 e. The van der Waals surface area contributed by atoms with Crippen LogP contribution >= 0.6 is 0 Å². The van der Waals surface area contributed by atoms with Crippen molar-refractivity contribution in [3.05, 3.63) is 59.6 Å². The van der Waals surface area contributed by atoms with Crippen molar-refractivity contribution in [3.63, 3.8) is 0 Å². The second kappa shape index (κ2) is 9.74. The molecule has 1 aliphatic rings. The number of hydrogen-bond donors (Lipinski definition) is 2. The number of fused-ring (bicyclic) bond motifs is 4. The van der Waals surface area contributed by atoms with Gasteiger partial charge in [0.05, 0.1) is 5.52 Å². The van der Waals surface area contributed by atoms with Crippen LogP contribution in [0.15, 0.2) is 42.6 Å². The maximum atomic E-state index is 11.5. The number of hydrogen-bond acceptors (Lipinski definition) is 6. The zero-order valence-corrected chi connectivity index (χ0v) is 20.1. The van der Waals surface area contributed by atoms with E-state index in [1.54, 1.807) is 6.20 Å². The van der Waals surface area contributed by atoms with Gasteiger partial charge in [-0.1, -0.05) is 25.5 Å². The molecule has 0 unspecified atom stereocenters. The summed E-state index contributed by atoms with van der Waals surface area (Å²) in [5, 5.41) is 0. The molecule has 0 bridgehead atoms. The molecule has 8 nitrogen and oxygen atoms in total. The zero-order valence-electron chi connectivity index (χ0n) is 20.1. The largest absolute Gasteiger partial charge is 0.382 e. The number of anilines is 2. The molecule has 3 aromatic heterocycles. The number of nitrogens with two attached hydrogens (primary N) is 2. The summed E-state index contributed by atoms with van der Waals surface area (Å²) in [6.45, 7) is 4.82. The summed E-state index contributed by atoms with van der Waals surface area (Å²) in [5.41, 5.74) is 17.9. The van der Waals surface area contributed by atoms with Crippen molar-refractivity contribution in [1.82, 2.24) is 19.5 Å². The third-order valence-corrected chi connectivity index (χ3v) is 6.63. The van der Waals surface area contributed by atoms with Crippen molar-refractivity contribution in [2.75, 3.05) is 23.7 Å². The summed E-state index contributed by atoms with van der Waals surface area (Å²) in [6.07, 6.45) is 11.1. The fourth-order valence-corrected chi connectivity index (χ4v) is 4.86. The molecule has 0 radical (unpaired) electrons. The van der Waals surface area contributed by atoms with Gasteiger partial charge in [-0.2, -0.15) is 0 Å². The standard InChI is InChI=1S/C27H31N7O/c1-2-3-10-22-32-24-25(23-20(31-26(24)28)9-6-13-30-23)34(22)16-5-4-14-33-15-7-8-18-17-19(27(29)35)11-12-21(18)33/h6-9,11-13,17H,2-5,10,14-16H2,1H3,(H2,28,31)(H2,29,35). The Morgan fingerprint density at radius 3 is 2.77 bits per heavy atom. The molecule has 0 atom stereocenters. The number of benzene rings is 1. The highest BCUT2D eigenvalue weighted by atomic mass is 16.1. The molecule has 0 fully saturated rings. The molecule has 0 spiro atoms. The molecule has 1 aliphatic heterocycles. The van der Waals surface area contributed by atoms with E-state index < -0.39 is 5.91 Å². The lowest BCUT2D eigenvalue weighted by atomic mass is 10.0. The predicted molar refractivity (Wildman–Crippen MR) is 141 cm³/mol. The highest BCUT2D eigenvalue weighted by molar-refractivity contribution is 6.04. The van der Waals surface area contributed by atoms with E-state index in [2.05, 4.69) is 38.5 Å². The number of rotatable bonds is 9. The Hall–Kier alpha value is -3.94. The van der Waals surface area contributed by atoms with E-state index in [1.165, 1.54) is 0 Å². The van der Waals surface area contributed by atoms with Gasteiger partial charge >= 0.3 is 0 Å². The summed E-state index contributed by atoms with van der Waals surface area (Å²) >= 11 is 0. The topological polar surface area (TPSA) is 116 Å². The SMILES string of the molecule is CCCCc1nc2c(N)nc3cccnc3c2n1CCCCN1CC=Cc2cc(C(N)=O)ccc21. The van der Waals surface area contributed by atoms with E-state index in [1.807, 2.05) is 30.3 Å². The molecule has 8 heteroatoms. The molecular formula is C27H31N7O. The Bertz CT molecular complexity index is 1420. The van der Waals surface area contributed by atoms with Crippen LogP contribution in [0.25, 0.3) is 28.1 Å². The first-order valence-corrected chi connectivity index (χ1v) is 12.3. The van der Waals surface area contributed by atoms with E-state index in [-0.39, 0.29) is 0 Å². The average Bonchev–Trinajstić information content (AvgIpc) is 3.24. The number of imidazole rings is 1. The van der Waals surface area contributed by atoms with Crippen molar-refractivity contribution in [2.45, 2.75) is 45.6 Å². The molecule has 180 valence electrons. The van der Waals surface area contributed by atoms with E-state index in [9.17, 15) is 4.79 Å². The fraction of sp³-hybridized carbons (Fsp3) is 0.333. The number of unbranched alkanes of at least 4 members (excludes halogenated alkanes) is 2. The van der Waals surface area contributed by atoms with Crippen LogP contribution in [0, 0.1) is 0 Å². The summed E-state index contributed by atoms with van der Waals surface area (Å²) in [6, 6.07) is 9.51. The Morgan fingerprint density at radius 2 is 1.94 bits per heavy atom. The lowest BCUT2D eigenvalue weighted by Gasteiger charge is -2.28. The Morgan fingerprint density at radius 1 is 1.09 bits per heavy atom. The van der Waals surface area contributed by atoms with Gasteiger partial charge < -0.3 is 20.9 Å². The van der Waals surface area contributed by atoms with Gasteiger partial charge in [-0.25, -0.2) is 9.97 Å². The molecule has 0 saturated heterocycles. The monoisotopic (exact) mass is 469 g/mol. The van der Waals surface area contributed by atoms with Crippen LogP contribution in [0.3, 0.4) is 0 Å². The van der Waals surface area contributed by atoms with E-state index in [4.69, 9.17) is 16.5 Å². The quantitative estimate of drug-likeness (QED) is 0.353. The van der Waals surface area contributed by atoms with Crippen LogP contribution in [0.1, 0.15) is 54.4 Å². The molecule has 1 aromatic carbocycles. The molecular weight excluding hydrogens is 438 g/mol. The molecule has 35 heavy (non-hydrogen) atoms. The minimum Gasteiger partial charge on any atom is -0.382 e. The van der Waals surface area contributed by atoms with Crippen molar-refractivity contribution in [3.8, 4) is 0 Å². The minimum atomic E-state index is -0.400. The van der Waals surface area contributed by atoms with Gasteiger partial charge in [-0.05, 0) is 55.2 Å². The summed E-state index contributed by atoms with van der Waals surface area (Å²) in [4.78, 5) is 27.9. The average molecular weight is 470 g/mol. The van der Waals surface area contributed by atoms with Crippen LogP contribution in [-0.2, 0) is 13.0 Å². The van der Waals surface area contributed by atoms with Crippen LogP contribution in [0.2, 0.25) is 0 Å². The maximum absolute atomic E-state index is 11.5. The van der Waals surface area contributed by atoms with Gasteiger partial charge in [0, 0.05) is 43.5 Å². The van der Waals surface area contributed by atoms with Gasteiger partial charge in [0.2, 0.25) is 5.91 Å². The van der Waals surface area contributed by atoms with Gasteiger partial charge in [0.1, 0.15) is 22.4 Å². The number of pyridine rings is 2. The highest BCUT2D eigenvalue weighted by Gasteiger charge is 2.18. The second-order valence-electron chi connectivity index (χ2n) is 9.04. The van der Waals surface area contributed by atoms with E-state index in [0.29, 0.717) is 11.4 Å². The zero-order chi connectivity index (χ0) is 24.4. The fourth-order valence-electron chi connectivity index (χ4n) is 4.86. The number of primary amides is 1. The third-order valence-electron chi connectivity index (χ3n) is 6.63. The number of carbonyl (C=O) groups excluding carboxylic acids is 1. The number of aromatic nitrogens is 4. The molecule has 4 heterocycles. The Balaban J connectivity index is 1.36. The summed E-state index contributed by atoms with van der Waals surface area (Å²) in [5.74, 6) is 1.12. The summed E-state index contributed by atoms with van der Waals surface area (Å²) in [7, 11) is 0. The first-order valence-electron chi connectivity index (χ1n) is 12.3. The molecule has 1 amide bonds. The molecule has 0 aliphatic carbocycles. The lowest BCUT2D eigenvalue weighted by molar-refractivity contribution is 0.100. The number of amides is 1. The van der Waals surface area contributed by atoms with Crippen molar-refractivity contribution >= 4 is 45.6 Å². The number of nitrogen functional groups attached to an aromatic ring is 1. The molecule has 0 saturated carbocycles. The maximum Gasteiger partial charge on any atom is 0.248 e. The molecule has 4 N–H and O–H groups in total. The number of carbonyl (C=O) groups is 1. The normalized spacial score (nSPS) is 13.0. The van der Waals surface area contributed by atoms with Gasteiger partial charge in [0.25, 0.3) is 0 Å². The number of aryl methyl sites for hydroxylation is 2. The Kier molecular flexibility index (Phi) is 6.35. The van der Waals surface area contributed by atoms with Gasteiger partial charge in [-0.3, -0.25) is 9.78 Å².